The molecule has 0 spiro atoms. The first-order chi connectivity index (χ1) is 11.0. The molecule has 0 unspecified atom stereocenters. The van der Waals surface area contributed by atoms with Crippen molar-refractivity contribution in [2.45, 2.75) is 32.2 Å². The van der Waals surface area contributed by atoms with Gasteiger partial charge in [-0.1, -0.05) is 30.1 Å². The van der Waals surface area contributed by atoms with E-state index in [-0.39, 0.29) is 27.1 Å². The van der Waals surface area contributed by atoms with Crippen molar-refractivity contribution in [2.75, 3.05) is 26.7 Å². The first kappa shape index (κ1) is 18.2. The molecule has 1 fully saturated rings. The first-order valence-corrected chi connectivity index (χ1v) is 8.52. The van der Waals surface area contributed by atoms with E-state index in [0.717, 1.165) is 32.4 Å². The van der Waals surface area contributed by atoms with Gasteiger partial charge < -0.3 is 15.2 Å². The highest BCUT2D eigenvalue weighted by molar-refractivity contribution is 6.37. The molecule has 128 valence electrons. The number of ether oxygens (including phenoxy) is 1. The summed E-state index contributed by atoms with van der Waals surface area (Å²) in [4.78, 5) is 14.9. The Morgan fingerprint density at radius 3 is 2.87 bits per heavy atom. The fourth-order valence-corrected chi connectivity index (χ4v) is 3.55. The maximum atomic E-state index is 12.5. The lowest BCUT2D eigenvalue weighted by Gasteiger charge is -2.24. The Bertz CT molecular complexity index is 581. The van der Waals surface area contributed by atoms with Gasteiger partial charge in [-0.05, 0) is 38.4 Å². The van der Waals surface area contributed by atoms with E-state index in [4.69, 9.17) is 27.9 Å². The van der Waals surface area contributed by atoms with Gasteiger partial charge in [-0.15, -0.1) is 0 Å². The van der Waals surface area contributed by atoms with E-state index in [1.165, 1.54) is 13.2 Å². The Morgan fingerprint density at radius 1 is 1.48 bits per heavy atom. The van der Waals surface area contributed by atoms with Gasteiger partial charge in [0.2, 0.25) is 0 Å². The number of nitrogens with one attached hydrogen (secondary N) is 1. The van der Waals surface area contributed by atoms with Gasteiger partial charge in [0.25, 0.3) is 5.91 Å². The molecule has 0 aliphatic carbocycles. The van der Waals surface area contributed by atoms with E-state index in [1.54, 1.807) is 0 Å². The van der Waals surface area contributed by atoms with E-state index in [0.29, 0.717) is 12.6 Å². The fraction of sp³-hybridized carbons (Fsp3) is 0.562. The summed E-state index contributed by atoms with van der Waals surface area (Å²) in [7, 11) is 1.39. The van der Waals surface area contributed by atoms with Gasteiger partial charge >= 0.3 is 0 Å². The topological polar surface area (TPSA) is 61.8 Å². The molecule has 2 N–H and O–H groups in total. The molecule has 1 aromatic carbocycles. The van der Waals surface area contributed by atoms with Crippen LogP contribution in [0, 0.1) is 0 Å². The molecular weight excluding hydrogens is 339 g/mol. The molecule has 1 aromatic rings. The normalized spacial score (nSPS) is 18.2. The second-order valence-electron chi connectivity index (χ2n) is 5.64. The number of carbonyl (C=O) groups excluding carboxylic acids is 1. The molecule has 1 aliphatic rings. The number of phenols is 1. The minimum atomic E-state index is -0.438. The molecule has 1 saturated heterocycles. The molecule has 1 amide bonds. The summed E-state index contributed by atoms with van der Waals surface area (Å²) in [6.45, 7) is 4.75. The van der Waals surface area contributed by atoms with Crippen molar-refractivity contribution in [2.24, 2.45) is 0 Å². The van der Waals surface area contributed by atoms with Crippen LogP contribution >= 0.6 is 23.2 Å². The summed E-state index contributed by atoms with van der Waals surface area (Å²) in [5.74, 6) is -0.628. The first-order valence-electron chi connectivity index (χ1n) is 7.76. The zero-order valence-electron chi connectivity index (χ0n) is 13.4. The molecule has 7 heteroatoms. The van der Waals surface area contributed by atoms with Crippen molar-refractivity contribution in [1.82, 2.24) is 10.2 Å². The third-order valence-electron chi connectivity index (χ3n) is 4.10. The molecule has 1 aliphatic heterocycles. The number of benzene rings is 1. The monoisotopic (exact) mass is 360 g/mol. The zero-order chi connectivity index (χ0) is 17.0. The Hall–Kier alpha value is -1.17. The number of nitrogens with zero attached hydrogens (tertiary/aromatic N) is 1. The molecule has 5 nitrogen and oxygen atoms in total. The number of aromatic hydroxyl groups is 1. The largest absolute Gasteiger partial charge is 0.505 e. The Labute approximate surface area is 146 Å². The highest BCUT2D eigenvalue weighted by atomic mass is 35.5. The summed E-state index contributed by atoms with van der Waals surface area (Å²) in [6.07, 6.45) is 3.28. The van der Waals surface area contributed by atoms with Crippen molar-refractivity contribution in [3.63, 3.8) is 0 Å². The van der Waals surface area contributed by atoms with Crippen molar-refractivity contribution in [3.8, 4) is 11.5 Å². The van der Waals surface area contributed by atoms with Crippen molar-refractivity contribution < 1.29 is 14.6 Å². The van der Waals surface area contributed by atoms with Gasteiger partial charge in [0.1, 0.15) is 5.56 Å². The number of hydrogen-bond acceptors (Lipinski definition) is 4. The number of carbonyl (C=O) groups is 1. The van der Waals surface area contributed by atoms with Crippen LogP contribution in [0.4, 0.5) is 0 Å². The van der Waals surface area contributed by atoms with Crippen LogP contribution in [0.3, 0.4) is 0 Å². The minimum Gasteiger partial charge on any atom is -0.505 e. The Balaban J connectivity index is 2.12. The molecule has 0 aromatic heterocycles. The lowest BCUT2D eigenvalue weighted by atomic mass is 10.1. The number of methoxy groups -OCH3 is 1. The van der Waals surface area contributed by atoms with Gasteiger partial charge in [0.05, 0.1) is 17.2 Å². The van der Waals surface area contributed by atoms with E-state index in [2.05, 4.69) is 17.1 Å². The van der Waals surface area contributed by atoms with Gasteiger partial charge in [0.15, 0.2) is 11.5 Å². The molecule has 2 rings (SSSR count). The molecule has 0 bridgehead atoms. The Morgan fingerprint density at radius 2 is 2.22 bits per heavy atom. The number of amides is 1. The number of likely N-dealkylation sites (tertiary alicyclic amines) is 1. The smallest absolute Gasteiger partial charge is 0.259 e. The summed E-state index contributed by atoms with van der Waals surface area (Å²) >= 11 is 11.9. The number of hydrogen-bond donors (Lipinski definition) is 2. The number of rotatable bonds is 6. The summed E-state index contributed by atoms with van der Waals surface area (Å²) in [5, 5.41) is 13.2. The molecule has 23 heavy (non-hydrogen) atoms. The fourth-order valence-electron chi connectivity index (χ4n) is 3.01. The van der Waals surface area contributed by atoms with E-state index >= 15 is 0 Å². The summed E-state index contributed by atoms with van der Waals surface area (Å²) in [6, 6.07) is 1.68. The predicted octanol–water partition coefficient (Wildman–Crippen LogP) is 3.31. The van der Waals surface area contributed by atoms with Crippen LogP contribution < -0.4 is 10.1 Å². The average molecular weight is 361 g/mol. The lowest BCUT2D eigenvalue weighted by Crippen LogP contribution is -2.40. The van der Waals surface area contributed by atoms with Crippen LogP contribution in [-0.2, 0) is 0 Å². The van der Waals surface area contributed by atoms with Crippen LogP contribution in [0.1, 0.15) is 36.5 Å². The predicted molar refractivity (Wildman–Crippen MR) is 91.9 cm³/mol. The van der Waals surface area contributed by atoms with E-state index in [1.807, 2.05) is 0 Å². The molecule has 0 saturated carbocycles. The summed E-state index contributed by atoms with van der Waals surface area (Å²) in [5.41, 5.74) is -0.0231. The second kappa shape index (κ2) is 8.08. The summed E-state index contributed by atoms with van der Waals surface area (Å²) < 4.78 is 5.14. The Kier molecular flexibility index (Phi) is 6.39. The van der Waals surface area contributed by atoms with Crippen molar-refractivity contribution in [1.29, 1.82) is 0 Å². The van der Waals surface area contributed by atoms with Gasteiger partial charge in [-0.3, -0.25) is 9.69 Å². The maximum absolute atomic E-state index is 12.5. The second-order valence-corrected chi connectivity index (χ2v) is 6.45. The van der Waals surface area contributed by atoms with Crippen molar-refractivity contribution in [3.05, 3.63) is 21.7 Å². The molecule has 0 radical (unpaired) electrons. The molecule has 1 atom stereocenters. The zero-order valence-corrected chi connectivity index (χ0v) is 14.9. The third-order valence-corrected chi connectivity index (χ3v) is 4.67. The minimum absolute atomic E-state index is 0.0226. The van der Waals surface area contributed by atoms with E-state index in [9.17, 15) is 9.90 Å². The quantitative estimate of drug-likeness (QED) is 0.816. The number of phenolic OH excluding ortho intramolecular Hbond substituents is 1. The van der Waals surface area contributed by atoms with Crippen LogP contribution in [0.2, 0.25) is 10.0 Å². The molecule has 1 heterocycles. The van der Waals surface area contributed by atoms with E-state index < -0.39 is 5.91 Å². The van der Waals surface area contributed by atoms with Crippen LogP contribution in [0.25, 0.3) is 0 Å². The average Bonchev–Trinajstić information content (AvgIpc) is 2.96. The van der Waals surface area contributed by atoms with Gasteiger partial charge in [0, 0.05) is 12.6 Å². The lowest BCUT2D eigenvalue weighted by molar-refractivity contribution is 0.0935. The SMILES string of the molecule is CCCN1CCC[C@H]1CNC(=O)c1c(O)c(Cl)cc(Cl)c1OC. The standard InChI is InChI=1S/C16H22Cl2N2O3/c1-3-6-20-7-4-5-10(20)9-19-16(22)13-14(21)11(17)8-12(18)15(13)23-2/h8,10,21H,3-7,9H2,1-2H3,(H,19,22)/t10-/m0/s1. The van der Waals surface area contributed by atoms with Crippen LogP contribution in [0.15, 0.2) is 6.07 Å². The number of halogens is 2. The van der Waals surface area contributed by atoms with Gasteiger partial charge in [-0.25, -0.2) is 0 Å². The maximum Gasteiger partial charge on any atom is 0.259 e. The third kappa shape index (κ3) is 4.03. The van der Waals surface area contributed by atoms with Crippen LogP contribution in [0.5, 0.6) is 11.5 Å². The van der Waals surface area contributed by atoms with Crippen molar-refractivity contribution >= 4 is 29.1 Å². The van der Waals surface area contributed by atoms with Crippen LogP contribution in [-0.4, -0.2) is 48.7 Å². The highest BCUT2D eigenvalue weighted by Gasteiger charge is 2.27. The van der Waals surface area contributed by atoms with Gasteiger partial charge in [-0.2, -0.15) is 0 Å². The molecular formula is C16H22Cl2N2O3. The highest BCUT2D eigenvalue weighted by Crippen LogP contribution is 2.40.